The summed E-state index contributed by atoms with van der Waals surface area (Å²) >= 11 is 4.46. The lowest BCUT2D eigenvalue weighted by Crippen LogP contribution is -1.90. The summed E-state index contributed by atoms with van der Waals surface area (Å²) in [4.78, 5) is 3.62. The van der Waals surface area contributed by atoms with Gasteiger partial charge in [0.05, 0.1) is 16.4 Å². The molecule has 0 saturated heterocycles. The molecule has 4 heteroatoms. The molecular weight excluding hydrogens is 336 g/mol. The van der Waals surface area contributed by atoms with Crippen LogP contribution in [0.4, 0.5) is 14.5 Å². The largest absolute Gasteiger partial charge is 0.206 e. The highest BCUT2D eigenvalue weighted by atomic mass is 32.1. The monoisotopic (exact) mass is 351 g/mol. The van der Waals surface area contributed by atoms with Crippen LogP contribution in [-0.2, 0) is 6.42 Å². The number of rotatable bonds is 4. The van der Waals surface area contributed by atoms with Gasteiger partial charge in [-0.15, -0.1) is 0 Å². The number of thiocarbonyl (C=S) groups is 1. The standard InChI is InChI=1S/C21H15F2NS/c1-2-14-3-5-15(6-4-14)16-7-9-17(10-8-16)21-19(22)11-18(24-13-25)12-20(21)23/h3-12H,2H2,1H3. The lowest BCUT2D eigenvalue weighted by Gasteiger charge is -2.08. The Hall–Kier alpha value is -2.68. The van der Waals surface area contributed by atoms with Gasteiger partial charge in [-0.25, -0.2) is 8.78 Å². The molecule has 0 aliphatic rings. The number of aliphatic imine (C=N–C) groups is 1. The van der Waals surface area contributed by atoms with Crippen molar-refractivity contribution in [3.8, 4) is 22.3 Å². The molecule has 0 saturated carbocycles. The minimum atomic E-state index is -0.677. The van der Waals surface area contributed by atoms with Crippen molar-refractivity contribution in [1.82, 2.24) is 0 Å². The van der Waals surface area contributed by atoms with E-state index in [0.29, 0.717) is 5.56 Å². The first kappa shape index (κ1) is 17.2. The second kappa shape index (κ2) is 7.47. The van der Waals surface area contributed by atoms with Crippen molar-refractivity contribution >= 4 is 23.1 Å². The van der Waals surface area contributed by atoms with E-state index in [1.165, 1.54) is 5.56 Å². The SMILES string of the molecule is CCc1ccc(-c2ccc(-c3c(F)cc(N=C=S)cc3F)cc2)cc1. The Morgan fingerprint density at radius 1 is 0.840 bits per heavy atom. The Balaban J connectivity index is 1.96. The third kappa shape index (κ3) is 3.71. The van der Waals surface area contributed by atoms with Crippen molar-refractivity contribution in [2.24, 2.45) is 4.99 Å². The van der Waals surface area contributed by atoms with E-state index in [9.17, 15) is 8.78 Å². The topological polar surface area (TPSA) is 12.4 Å². The number of aryl methyl sites for hydroxylation is 1. The molecule has 0 amide bonds. The van der Waals surface area contributed by atoms with Crippen molar-refractivity contribution < 1.29 is 8.78 Å². The first-order valence-corrected chi connectivity index (χ1v) is 8.30. The Morgan fingerprint density at radius 3 is 1.80 bits per heavy atom. The molecule has 3 aromatic carbocycles. The van der Waals surface area contributed by atoms with Crippen LogP contribution in [0, 0.1) is 11.6 Å². The molecule has 0 aromatic heterocycles. The summed E-state index contributed by atoms with van der Waals surface area (Å²) in [6.07, 6.45) is 0.987. The number of nitrogens with zero attached hydrogens (tertiary/aromatic N) is 1. The zero-order valence-corrected chi connectivity index (χ0v) is 14.4. The Bertz CT molecular complexity index is 918. The summed E-state index contributed by atoms with van der Waals surface area (Å²) in [7, 11) is 0. The summed E-state index contributed by atoms with van der Waals surface area (Å²) < 4.78 is 28.5. The molecule has 1 nitrogen and oxygen atoms in total. The summed E-state index contributed by atoms with van der Waals surface area (Å²) in [5.41, 5.74) is 3.84. The highest BCUT2D eigenvalue weighted by Gasteiger charge is 2.13. The van der Waals surface area contributed by atoms with Crippen molar-refractivity contribution in [2.45, 2.75) is 13.3 Å². The zero-order valence-electron chi connectivity index (χ0n) is 13.6. The lowest BCUT2D eigenvalue weighted by molar-refractivity contribution is 0.590. The maximum atomic E-state index is 14.3. The second-order valence-corrected chi connectivity index (χ2v) is 5.80. The van der Waals surface area contributed by atoms with Gasteiger partial charge in [-0.2, -0.15) is 4.99 Å². The summed E-state index contributed by atoms with van der Waals surface area (Å²) in [6, 6.07) is 17.7. The fraction of sp³-hybridized carbons (Fsp3) is 0.0952. The van der Waals surface area contributed by atoms with E-state index in [1.807, 2.05) is 24.3 Å². The molecule has 0 aliphatic heterocycles. The molecule has 0 N–H and O–H groups in total. The highest BCUT2D eigenvalue weighted by molar-refractivity contribution is 7.78. The van der Waals surface area contributed by atoms with Crippen LogP contribution >= 0.6 is 12.2 Å². The van der Waals surface area contributed by atoms with Gasteiger partial charge in [0.2, 0.25) is 0 Å². The van der Waals surface area contributed by atoms with Gasteiger partial charge in [0, 0.05) is 12.1 Å². The van der Waals surface area contributed by atoms with E-state index in [-0.39, 0.29) is 11.3 Å². The van der Waals surface area contributed by atoms with Crippen LogP contribution in [0.15, 0.2) is 65.7 Å². The number of isothiocyanates is 1. The van der Waals surface area contributed by atoms with E-state index in [4.69, 9.17) is 0 Å². The Kier molecular flexibility index (Phi) is 5.13. The van der Waals surface area contributed by atoms with Crippen LogP contribution in [0.1, 0.15) is 12.5 Å². The quantitative estimate of drug-likeness (QED) is 0.381. The Morgan fingerprint density at radius 2 is 1.32 bits per heavy atom. The highest BCUT2D eigenvalue weighted by Crippen LogP contribution is 2.31. The average molecular weight is 351 g/mol. The molecule has 124 valence electrons. The van der Waals surface area contributed by atoms with Crippen LogP contribution in [-0.4, -0.2) is 5.16 Å². The molecule has 0 radical (unpaired) electrons. The van der Waals surface area contributed by atoms with E-state index in [2.05, 4.69) is 41.4 Å². The number of halogens is 2. The van der Waals surface area contributed by atoms with E-state index in [0.717, 1.165) is 29.7 Å². The van der Waals surface area contributed by atoms with Crippen LogP contribution in [0.25, 0.3) is 22.3 Å². The zero-order chi connectivity index (χ0) is 17.8. The summed E-state index contributed by atoms with van der Waals surface area (Å²) in [6.45, 7) is 2.11. The van der Waals surface area contributed by atoms with Gasteiger partial charge < -0.3 is 0 Å². The molecule has 25 heavy (non-hydrogen) atoms. The van der Waals surface area contributed by atoms with Crippen molar-refractivity contribution in [3.63, 3.8) is 0 Å². The second-order valence-electron chi connectivity index (χ2n) is 5.62. The maximum absolute atomic E-state index is 14.3. The predicted molar refractivity (Wildman–Crippen MR) is 101 cm³/mol. The third-order valence-corrected chi connectivity index (χ3v) is 4.16. The minimum Gasteiger partial charge on any atom is -0.206 e. The van der Waals surface area contributed by atoms with Gasteiger partial charge in [-0.05, 0) is 40.9 Å². The van der Waals surface area contributed by atoms with Crippen LogP contribution in [0.5, 0.6) is 0 Å². The molecule has 0 unspecified atom stereocenters. The molecule has 0 atom stereocenters. The summed E-state index contributed by atoms with van der Waals surface area (Å²) in [5, 5.41) is 2.11. The first-order valence-electron chi connectivity index (χ1n) is 7.89. The van der Waals surface area contributed by atoms with Gasteiger partial charge in [0.25, 0.3) is 0 Å². The van der Waals surface area contributed by atoms with Gasteiger partial charge in [0.1, 0.15) is 11.6 Å². The smallest absolute Gasteiger partial charge is 0.136 e. The lowest BCUT2D eigenvalue weighted by atomic mass is 9.98. The predicted octanol–water partition coefficient (Wildman–Crippen LogP) is 6.60. The van der Waals surface area contributed by atoms with Gasteiger partial charge >= 0.3 is 0 Å². The number of hydrogen-bond donors (Lipinski definition) is 0. The Labute approximate surface area is 150 Å². The molecule has 0 spiro atoms. The fourth-order valence-corrected chi connectivity index (χ4v) is 2.82. The first-order chi connectivity index (χ1) is 12.1. The van der Waals surface area contributed by atoms with Gasteiger partial charge in [-0.1, -0.05) is 55.5 Å². The van der Waals surface area contributed by atoms with E-state index >= 15 is 0 Å². The molecular formula is C21H15F2NS. The van der Waals surface area contributed by atoms with Crippen LogP contribution in [0.3, 0.4) is 0 Å². The van der Waals surface area contributed by atoms with E-state index in [1.54, 1.807) is 12.1 Å². The molecule has 3 aromatic rings. The van der Waals surface area contributed by atoms with Crippen molar-refractivity contribution in [1.29, 1.82) is 0 Å². The number of hydrogen-bond acceptors (Lipinski definition) is 2. The van der Waals surface area contributed by atoms with Crippen molar-refractivity contribution in [3.05, 3.63) is 77.9 Å². The van der Waals surface area contributed by atoms with E-state index < -0.39 is 11.6 Å². The minimum absolute atomic E-state index is 0.0730. The molecule has 0 heterocycles. The molecule has 0 fully saturated rings. The normalized spacial score (nSPS) is 10.4. The summed E-state index contributed by atoms with van der Waals surface area (Å²) in [5.74, 6) is -1.35. The molecule has 0 bridgehead atoms. The molecule has 0 aliphatic carbocycles. The average Bonchev–Trinajstić information content (AvgIpc) is 2.62. The van der Waals surface area contributed by atoms with Gasteiger partial charge in [0.15, 0.2) is 0 Å². The molecule has 3 rings (SSSR count). The van der Waals surface area contributed by atoms with Crippen LogP contribution in [0.2, 0.25) is 0 Å². The maximum Gasteiger partial charge on any atom is 0.136 e. The van der Waals surface area contributed by atoms with Crippen LogP contribution < -0.4 is 0 Å². The number of benzene rings is 3. The third-order valence-electron chi connectivity index (χ3n) is 4.07. The van der Waals surface area contributed by atoms with Gasteiger partial charge in [-0.3, -0.25) is 0 Å². The van der Waals surface area contributed by atoms with Crippen molar-refractivity contribution in [2.75, 3.05) is 0 Å². The fourth-order valence-electron chi connectivity index (χ4n) is 2.72.